The summed E-state index contributed by atoms with van der Waals surface area (Å²) in [5.74, 6) is 1.02. The normalized spacial score (nSPS) is 24.7. The van der Waals surface area contributed by atoms with Crippen LogP contribution in [-0.2, 0) is 4.79 Å². The third kappa shape index (κ3) is 4.45. The molecule has 1 rings (SSSR count). The highest BCUT2D eigenvalue weighted by atomic mass is 79.9. The largest absolute Gasteiger partial charge is 0.353 e. The van der Waals surface area contributed by atoms with Gasteiger partial charge in [0.25, 0.3) is 0 Å². The van der Waals surface area contributed by atoms with E-state index in [0.717, 1.165) is 24.1 Å². The topological polar surface area (TPSA) is 29.1 Å². The van der Waals surface area contributed by atoms with Crippen molar-refractivity contribution >= 4 is 21.8 Å². The average molecular weight is 262 g/mol. The zero-order valence-electron chi connectivity index (χ0n) is 8.89. The molecule has 0 aliphatic heterocycles. The number of rotatable bonds is 7. The molecule has 0 aromatic rings. The fourth-order valence-electron chi connectivity index (χ4n) is 1.77. The van der Waals surface area contributed by atoms with Crippen molar-refractivity contribution in [2.75, 3.05) is 5.33 Å². The van der Waals surface area contributed by atoms with Crippen LogP contribution < -0.4 is 5.32 Å². The summed E-state index contributed by atoms with van der Waals surface area (Å²) in [6.45, 7) is 2.20. The van der Waals surface area contributed by atoms with Crippen molar-refractivity contribution in [1.82, 2.24) is 5.32 Å². The average Bonchev–Trinajstić information content (AvgIpc) is 2.85. The Balaban J connectivity index is 1.99. The number of hydrogen-bond donors (Lipinski definition) is 1. The van der Waals surface area contributed by atoms with Gasteiger partial charge in [0, 0.05) is 17.8 Å². The first-order valence-corrected chi connectivity index (χ1v) is 6.75. The van der Waals surface area contributed by atoms with E-state index in [1.54, 1.807) is 0 Å². The van der Waals surface area contributed by atoms with Crippen LogP contribution in [-0.4, -0.2) is 17.3 Å². The molecule has 0 aromatic heterocycles. The fraction of sp³-hybridized carbons (Fsp3) is 0.909. The molecule has 2 atom stereocenters. The summed E-state index contributed by atoms with van der Waals surface area (Å²) in [6, 6.07) is 0.506. The number of alkyl halides is 1. The number of nitrogens with one attached hydrogen (secondary N) is 1. The van der Waals surface area contributed by atoms with Crippen LogP contribution in [0.2, 0.25) is 0 Å². The minimum atomic E-state index is 0.245. The molecule has 2 nitrogen and oxygen atoms in total. The number of hydrogen-bond acceptors (Lipinski definition) is 1. The van der Waals surface area contributed by atoms with Crippen molar-refractivity contribution in [3.8, 4) is 0 Å². The van der Waals surface area contributed by atoms with Gasteiger partial charge in [-0.1, -0.05) is 29.3 Å². The minimum Gasteiger partial charge on any atom is -0.353 e. The van der Waals surface area contributed by atoms with Crippen molar-refractivity contribution < 1.29 is 4.79 Å². The maximum atomic E-state index is 11.4. The van der Waals surface area contributed by atoms with Gasteiger partial charge in [0.2, 0.25) is 5.91 Å². The van der Waals surface area contributed by atoms with Gasteiger partial charge in [0.15, 0.2) is 0 Å². The number of carbonyl (C=O) groups is 1. The zero-order chi connectivity index (χ0) is 10.4. The molecule has 1 N–H and O–H groups in total. The van der Waals surface area contributed by atoms with Gasteiger partial charge >= 0.3 is 0 Å². The molecule has 82 valence electrons. The van der Waals surface area contributed by atoms with E-state index in [1.165, 1.54) is 19.3 Å². The van der Waals surface area contributed by atoms with Crippen molar-refractivity contribution in [2.45, 2.75) is 51.5 Å². The Morgan fingerprint density at radius 3 is 2.93 bits per heavy atom. The molecule has 3 heteroatoms. The summed E-state index contributed by atoms with van der Waals surface area (Å²) in [5.41, 5.74) is 0. The van der Waals surface area contributed by atoms with E-state index in [-0.39, 0.29) is 5.91 Å². The molecule has 0 aromatic carbocycles. The Morgan fingerprint density at radius 2 is 2.29 bits per heavy atom. The molecule has 0 radical (unpaired) electrons. The standard InChI is InChI=1S/C11H20BrNO/c1-2-5-9-8-10(9)13-11(14)6-3-4-7-12/h9-10H,2-8H2,1H3,(H,13,14). The third-order valence-corrected chi connectivity index (χ3v) is 3.28. The molecular formula is C11H20BrNO. The van der Waals surface area contributed by atoms with Crippen molar-refractivity contribution in [1.29, 1.82) is 0 Å². The Kier molecular flexibility index (Phi) is 5.53. The number of carbonyl (C=O) groups excluding carboxylic acids is 1. The summed E-state index contributed by atoms with van der Waals surface area (Å²) in [6.07, 6.45) is 6.50. The van der Waals surface area contributed by atoms with Gasteiger partial charge in [-0.15, -0.1) is 0 Å². The molecule has 1 saturated carbocycles. The van der Waals surface area contributed by atoms with Crippen LogP contribution in [0.5, 0.6) is 0 Å². The second-order valence-electron chi connectivity index (χ2n) is 4.10. The van der Waals surface area contributed by atoms with Crippen LogP contribution in [0.15, 0.2) is 0 Å². The lowest BCUT2D eigenvalue weighted by molar-refractivity contribution is -0.121. The van der Waals surface area contributed by atoms with Crippen molar-refractivity contribution in [2.24, 2.45) is 5.92 Å². The molecule has 1 amide bonds. The molecule has 1 aliphatic carbocycles. The van der Waals surface area contributed by atoms with Crippen molar-refractivity contribution in [3.05, 3.63) is 0 Å². The number of halogens is 1. The zero-order valence-corrected chi connectivity index (χ0v) is 10.5. The highest BCUT2D eigenvalue weighted by molar-refractivity contribution is 9.09. The molecule has 2 unspecified atom stereocenters. The molecular weight excluding hydrogens is 242 g/mol. The van der Waals surface area contributed by atoms with Crippen LogP contribution >= 0.6 is 15.9 Å². The van der Waals surface area contributed by atoms with Crippen LogP contribution in [0, 0.1) is 5.92 Å². The fourth-order valence-corrected chi connectivity index (χ4v) is 2.17. The lowest BCUT2D eigenvalue weighted by Crippen LogP contribution is -2.26. The van der Waals surface area contributed by atoms with E-state index in [4.69, 9.17) is 0 Å². The summed E-state index contributed by atoms with van der Waals surface area (Å²) in [5, 5.41) is 4.10. The minimum absolute atomic E-state index is 0.245. The molecule has 0 saturated heterocycles. The second kappa shape index (κ2) is 6.44. The van der Waals surface area contributed by atoms with Gasteiger partial charge in [-0.25, -0.2) is 0 Å². The van der Waals surface area contributed by atoms with Gasteiger partial charge in [-0.2, -0.15) is 0 Å². The molecule has 0 spiro atoms. The first-order valence-electron chi connectivity index (χ1n) is 5.63. The van der Waals surface area contributed by atoms with Gasteiger partial charge < -0.3 is 5.32 Å². The quantitative estimate of drug-likeness (QED) is 0.554. The summed E-state index contributed by atoms with van der Waals surface area (Å²) in [4.78, 5) is 11.4. The molecule has 1 aliphatic rings. The van der Waals surface area contributed by atoms with Crippen LogP contribution in [0.4, 0.5) is 0 Å². The SMILES string of the molecule is CCCC1CC1NC(=O)CCCCBr. The lowest BCUT2D eigenvalue weighted by atomic mass is 10.2. The monoisotopic (exact) mass is 261 g/mol. The highest BCUT2D eigenvalue weighted by Crippen LogP contribution is 2.34. The van der Waals surface area contributed by atoms with E-state index in [2.05, 4.69) is 28.2 Å². The predicted octanol–water partition coefficient (Wildman–Crippen LogP) is 2.86. The van der Waals surface area contributed by atoms with Gasteiger partial charge in [0.05, 0.1) is 0 Å². The summed E-state index contributed by atoms with van der Waals surface area (Å²) < 4.78 is 0. The highest BCUT2D eigenvalue weighted by Gasteiger charge is 2.36. The van der Waals surface area contributed by atoms with Gasteiger partial charge in [-0.3, -0.25) is 4.79 Å². The van der Waals surface area contributed by atoms with E-state index in [0.29, 0.717) is 12.5 Å². The second-order valence-corrected chi connectivity index (χ2v) is 4.90. The smallest absolute Gasteiger partial charge is 0.220 e. The van der Waals surface area contributed by atoms with E-state index in [9.17, 15) is 4.79 Å². The molecule has 0 bridgehead atoms. The van der Waals surface area contributed by atoms with Crippen LogP contribution in [0.1, 0.15) is 45.4 Å². The van der Waals surface area contributed by atoms with Crippen LogP contribution in [0.3, 0.4) is 0 Å². The lowest BCUT2D eigenvalue weighted by Gasteiger charge is -2.03. The van der Waals surface area contributed by atoms with Crippen LogP contribution in [0.25, 0.3) is 0 Å². The van der Waals surface area contributed by atoms with E-state index in [1.807, 2.05) is 0 Å². The van der Waals surface area contributed by atoms with E-state index >= 15 is 0 Å². The predicted molar refractivity (Wildman–Crippen MR) is 62.6 cm³/mol. The third-order valence-electron chi connectivity index (χ3n) is 2.72. The Bertz CT molecular complexity index is 184. The first kappa shape index (κ1) is 12.0. The van der Waals surface area contributed by atoms with E-state index < -0.39 is 0 Å². The molecule has 1 fully saturated rings. The first-order chi connectivity index (χ1) is 6.77. The Hall–Kier alpha value is -0.0500. The number of amides is 1. The number of unbranched alkanes of at least 4 members (excludes halogenated alkanes) is 1. The Labute approximate surface area is 95.0 Å². The summed E-state index contributed by atoms with van der Waals surface area (Å²) >= 11 is 3.36. The Morgan fingerprint density at radius 1 is 1.50 bits per heavy atom. The van der Waals surface area contributed by atoms with Gasteiger partial charge in [-0.05, 0) is 31.6 Å². The molecule has 14 heavy (non-hydrogen) atoms. The summed E-state index contributed by atoms with van der Waals surface area (Å²) in [7, 11) is 0. The van der Waals surface area contributed by atoms with Gasteiger partial charge in [0.1, 0.15) is 0 Å². The molecule has 0 heterocycles. The van der Waals surface area contributed by atoms with Crippen molar-refractivity contribution in [3.63, 3.8) is 0 Å². The maximum Gasteiger partial charge on any atom is 0.220 e. The maximum absolute atomic E-state index is 11.4.